The van der Waals surface area contributed by atoms with Crippen LogP contribution in [0.2, 0.25) is 0 Å². The van der Waals surface area contributed by atoms with Crippen molar-refractivity contribution in [3.8, 4) is 5.75 Å². The number of carbonyl (C=O) groups excluding carboxylic acids is 3. The fourth-order valence-corrected chi connectivity index (χ4v) is 1.99. The highest BCUT2D eigenvalue weighted by Gasteiger charge is 2.22. The Bertz CT molecular complexity index is 667. The van der Waals surface area contributed by atoms with E-state index in [0.29, 0.717) is 12.5 Å². The minimum absolute atomic E-state index is 0.299. The highest BCUT2D eigenvalue weighted by atomic mass is 16.5. The second-order valence-electron chi connectivity index (χ2n) is 6.55. The highest BCUT2D eigenvalue weighted by Crippen LogP contribution is 2.12. The molecule has 0 aliphatic carbocycles. The van der Waals surface area contributed by atoms with Crippen LogP contribution in [0.5, 0.6) is 5.75 Å². The number of esters is 1. The number of hydrogen-bond acceptors (Lipinski definition) is 5. The summed E-state index contributed by atoms with van der Waals surface area (Å²) in [6.45, 7) is 7.43. The van der Waals surface area contributed by atoms with E-state index in [1.54, 1.807) is 37.5 Å². The van der Waals surface area contributed by atoms with Crippen molar-refractivity contribution in [2.45, 2.75) is 39.8 Å². The Morgan fingerprint density at radius 1 is 1.07 bits per heavy atom. The maximum absolute atomic E-state index is 12.0. The zero-order valence-electron chi connectivity index (χ0n) is 16.4. The molecule has 0 saturated heterocycles. The van der Waals surface area contributed by atoms with E-state index in [1.165, 1.54) is 19.9 Å². The molecule has 148 valence electrons. The van der Waals surface area contributed by atoms with E-state index >= 15 is 0 Å². The Morgan fingerprint density at radius 2 is 1.70 bits per heavy atom. The lowest BCUT2D eigenvalue weighted by Gasteiger charge is -2.17. The lowest BCUT2D eigenvalue weighted by atomic mass is 10.2. The third-order valence-corrected chi connectivity index (χ3v) is 3.60. The first-order chi connectivity index (χ1) is 12.7. The van der Waals surface area contributed by atoms with E-state index in [4.69, 9.17) is 9.47 Å². The van der Waals surface area contributed by atoms with Gasteiger partial charge in [-0.2, -0.15) is 0 Å². The van der Waals surface area contributed by atoms with Crippen molar-refractivity contribution in [1.82, 2.24) is 10.6 Å². The van der Waals surface area contributed by atoms with E-state index in [9.17, 15) is 14.4 Å². The Labute approximate surface area is 160 Å². The summed E-state index contributed by atoms with van der Waals surface area (Å²) in [6.07, 6.45) is 2.02. The van der Waals surface area contributed by atoms with Crippen molar-refractivity contribution < 1.29 is 23.9 Å². The van der Waals surface area contributed by atoms with Crippen molar-refractivity contribution in [1.29, 1.82) is 0 Å². The molecule has 0 aliphatic rings. The highest BCUT2D eigenvalue weighted by molar-refractivity contribution is 5.94. The number of hydrogen-bond donors (Lipinski definition) is 2. The summed E-state index contributed by atoms with van der Waals surface area (Å²) in [5.41, 5.74) is 0.816. The second-order valence-corrected chi connectivity index (χ2v) is 6.55. The van der Waals surface area contributed by atoms with Crippen LogP contribution in [0, 0.1) is 5.92 Å². The average Bonchev–Trinajstić information content (AvgIpc) is 2.64. The van der Waals surface area contributed by atoms with Gasteiger partial charge in [-0.15, -0.1) is 0 Å². The fraction of sp³-hybridized carbons (Fsp3) is 0.450. The number of ether oxygens (including phenoxy) is 2. The van der Waals surface area contributed by atoms with Crippen molar-refractivity contribution in [3.05, 3.63) is 35.9 Å². The van der Waals surface area contributed by atoms with Gasteiger partial charge in [0.1, 0.15) is 11.8 Å². The third-order valence-electron chi connectivity index (χ3n) is 3.60. The number of amides is 2. The standard InChI is InChI=1S/C20H28N2O5/c1-13(2)12-21-19(24)15(4)27-20(25)14(3)22-18(23)11-8-16-6-9-17(26-5)10-7-16/h6-11,13-15H,12H2,1-5H3,(H,21,24)(H,22,23)/b11-8+/t14-,15?/m0/s1. The average molecular weight is 376 g/mol. The first-order valence-corrected chi connectivity index (χ1v) is 8.83. The van der Waals surface area contributed by atoms with Gasteiger partial charge < -0.3 is 20.1 Å². The predicted molar refractivity (Wildman–Crippen MR) is 103 cm³/mol. The van der Waals surface area contributed by atoms with Gasteiger partial charge in [-0.1, -0.05) is 26.0 Å². The topological polar surface area (TPSA) is 93.7 Å². The number of nitrogens with one attached hydrogen (secondary N) is 2. The van der Waals surface area contributed by atoms with Crippen LogP contribution in [0.3, 0.4) is 0 Å². The summed E-state index contributed by atoms with van der Waals surface area (Å²) in [7, 11) is 1.58. The van der Waals surface area contributed by atoms with Gasteiger partial charge in [0.25, 0.3) is 5.91 Å². The Kier molecular flexibility index (Phi) is 9.05. The smallest absolute Gasteiger partial charge is 0.329 e. The maximum Gasteiger partial charge on any atom is 0.329 e. The molecule has 0 fully saturated rings. The van der Waals surface area contributed by atoms with E-state index in [1.807, 2.05) is 13.8 Å². The number of methoxy groups -OCH3 is 1. The Balaban J connectivity index is 2.47. The minimum atomic E-state index is -0.926. The summed E-state index contributed by atoms with van der Waals surface area (Å²) < 4.78 is 10.2. The molecule has 1 aromatic rings. The number of carbonyl (C=O) groups is 3. The van der Waals surface area contributed by atoms with Gasteiger partial charge in [0, 0.05) is 12.6 Å². The van der Waals surface area contributed by atoms with Gasteiger partial charge in [0.05, 0.1) is 7.11 Å². The number of rotatable bonds is 9. The molecule has 1 aromatic carbocycles. The zero-order valence-corrected chi connectivity index (χ0v) is 16.4. The summed E-state index contributed by atoms with van der Waals surface area (Å²) in [6, 6.07) is 6.29. The second kappa shape index (κ2) is 11.0. The molecule has 0 aromatic heterocycles. The van der Waals surface area contributed by atoms with Gasteiger partial charge in [-0.3, -0.25) is 9.59 Å². The van der Waals surface area contributed by atoms with Crippen molar-refractivity contribution in [2.24, 2.45) is 5.92 Å². The third kappa shape index (κ3) is 8.40. The summed E-state index contributed by atoms with van der Waals surface area (Å²) >= 11 is 0. The zero-order chi connectivity index (χ0) is 20.4. The monoisotopic (exact) mass is 376 g/mol. The van der Waals surface area contributed by atoms with Gasteiger partial charge >= 0.3 is 5.97 Å². The minimum Gasteiger partial charge on any atom is -0.497 e. The molecule has 0 spiro atoms. The van der Waals surface area contributed by atoms with Crippen LogP contribution in [0.4, 0.5) is 0 Å². The Hall–Kier alpha value is -2.83. The van der Waals surface area contributed by atoms with Crippen LogP contribution in [-0.4, -0.2) is 43.6 Å². The molecule has 2 amide bonds. The molecule has 0 heterocycles. The molecule has 7 nitrogen and oxygen atoms in total. The molecule has 1 rings (SSSR count). The first kappa shape index (κ1) is 22.2. The van der Waals surface area contributed by atoms with Crippen LogP contribution in [-0.2, 0) is 19.1 Å². The van der Waals surface area contributed by atoms with Gasteiger partial charge in [-0.05, 0) is 43.5 Å². The molecule has 2 atom stereocenters. The number of benzene rings is 1. The van der Waals surface area contributed by atoms with Crippen LogP contribution >= 0.6 is 0 Å². The van der Waals surface area contributed by atoms with Crippen molar-refractivity contribution in [3.63, 3.8) is 0 Å². The van der Waals surface area contributed by atoms with Gasteiger partial charge in [0.15, 0.2) is 6.10 Å². The lowest BCUT2D eigenvalue weighted by molar-refractivity contribution is -0.157. The van der Waals surface area contributed by atoms with Crippen molar-refractivity contribution in [2.75, 3.05) is 13.7 Å². The SMILES string of the molecule is COc1ccc(/C=C/C(=O)N[C@@H](C)C(=O)OC(C)C(=O)NCC(C)C)cc1. The largest absolute Gasteiger partial charge is 0.497 e. The van der Waals surface area contributed by atoms with Crippen LogP contribution in [0.15, 0.2) is 30.3 Å². The predicted octanol–water partition coefficient (Wildman–Crippen LogP) is 1.92. The lowest BCUT2D eigenvalue weighted by Crippen LogP contribution is -2.43. The molecule has 0 radical (unpaired) electrons. The molecule has 0 aliphatic heterocycles. The van der Waals surface area contributed by atoms with E-state index in [0.717, 1.165) is 11.3 Å². The van der Waals surface area contributed by atoms with Crippen LogP contribution in [0.1, 0.15) is 33.3 Å². The Morgan fingerprint density at radius 3 is 2.26 bits per heavy atom. The van der Waals surface area contributed by atoms with E-state index in [2.05, 4.69) is 10.6 Å². The first-order valence-electron chi connectivity index (χ1n) is 8.83. The molecule has 2 N–H and O–H groups in total. The van der Waals surface area contributed by atoms with Crippen LogP contribution in [0.25, 0.3) is 6.08 Å². The quantitative estimate of drug-likeness (QED) is 0.507. The molecular weight excluding hydrogens is 348 g/mol. The van der Waals surface area contributed by atoms with Crippen molar-refractivity contribution >= 4 is 23.9 Å². The normalized spacial score (nSPS) is 13.1. The molecule has 0 bridgehead atoms. The van der Waals surface area contributed by atoms with E-state index in [-0.39, 0.29) is 5.91 Å². The molecule has 27 heavy (non-hydrogen) atoms. The van der Waals surface area contributed by atoms with E-state index < -0.39 is 24.0 Å². The molecule has 0 saturated carbocycles. The fourth-order valence-electron chi connectivity index (χ4n) is 1.99. The molecule has 1 unspecified atom stereocenters. The van der Waals surface area contributed by atoms with Gasteiger partial charge in [-0.25, -0.2) is 4.79 Å². The van der Waals surface area contributed by atoms with Gasteiger partial charge in [0.2, 0.25) is 5.91 Å². The summed E-state index contributed by atoms with van der Waals surface area (Å²) in [5, 5.41) is 5.20. The summed E-state index contributed by atoms with van der Waals surface area (Å²) in [4.78, 5) is 35.8. The molecule has 7 heteroatoms. The summed E-state index contributed by atoms with van der Waals surface area (Å²) in [5.74, 6) is -0.456. The molecular formula is C20H28N2O5. The van der Waals surface area contributed by atoms with Crippen LogP contribution < -0.4 is 15.4 Å². The maximum atomic E-state index is 12.0.